The maximum atomic E-state index is 12.2. The molecule has 0 fully saturated rings. The van der Waals surface area contributed by atoms with Gasteiger partial charge in [0.25, 0.3) is 0 Å². The summed E-state index contributed by atoms with van der Waals surface area (Å²) < 4.78 is 12.3. The molecule has 0 aliphatic carbocycles. The average Bonchev–Trinajstić information content (AvgIpc) is 3.21. The molecule has 0 bridgehead atoms. The Bertz CT molecular complexity index is 1180. The predicted molar refractivity (Wildman–Crippen MR) is 113 cm³/mol. The zero-order chi connectivity index (χ0) is 20.9. The lowest BCUT2D eigenvalue weighted by Crippen LogP contribution is -2.14. The van der Waals surface area contributed by atoms with E-state index in [0.29, 0.717) is 33.7 Å². The SMILES string of the molecule is COc1ccc(-c2nnc3ccc(SCC(=O)Nc4cccnc4)nn23)cc1OC. The standard InChI is InChI=1S/C20H18N6O3S/c1-28-15-6-5-13(10-16(15)29-2)20-24-23-17-7-8-19(25-26(17)20)30-12-18(27)22-14-4-3-9-21-11-14/h3-11H,12H2,1-2H3,(H,22,27). The number of nitrogens with zero attached hydrogens (tertiary/aromatic N) is 5. The van der Waals surface area contributed by atoms with Crippen LogP contribution in [0.4, 0.5) is 5.69 Å². The van der Waals surface area contributed by atoms with Crippen LogP contribution >= 0.6 is 11.8 Å². The van der Waals surface area contributed by atoms with Crippen LogP contribution in [0.5, 0.6) is 11.5 Å². The Morgan fingerprint density at radius 2 is 1.97 bits per heavy atom. The zero-order valence-electron chi connectivity index (χ0n) is 16.3. The highest BCUT2D eigenvalue weighted by atomic mass is 32.2. The quantitative estimate of drug-likeness (QED) is 0.454. The van der Waals surface area contributed by atoms with E-state index in [1.54, 1.807) is 49.3 Å². The van der Waals surface area contributed by atoms with Gasteiger partial charge in [0.2, 0.25) is 5.91 Å². The molecule has 4 rings (SSSR count). The predicted octanol–water partition coefficient (Wildman–Crippen LogP) is 2.93. The molecule has 152 valence electrons. The molecule has 0 spiro atoms. The van der Waals surface area contributed by atoms with E-state index in [2.05, 4.69) is 25.6 Å². The molecular formula is C20H18N6O3S. The second-order valence-electron chi connectivity index (χ2n) is 6.11. The van der Waals surface area contributed by atoms with Gasteiger partial charge in [-0.25, -0.2) is 0 Å². The molecule has 3 heterocycles. The maximum Gasteiger partial charge on any atom is 0.234 e. The molecule has 10 heteroatoms. The minimum atomic E-state index is -0.140. The molecule has 0 aliphatic heterocycles. The Hall–Kier alpha value is -3.66. The van der Waals surface area contributed by atoms with Gasteiger partial charge < -0.3 is 14.8 Å². The number of carbonyl (C=O) groups excluding carboxylic acids is 1. The number of hydrogen-bond donors (Lipinski definition) is 1. The Kier molecular flexibility index (Phi) is 5.75. The van der Waals surface area contributed by atoms with Crippen LogP contribution < -0.4 is 14.8 Å². The van der Waals surface area contributed by atoms with E-state index in [1.807, 2.05) is 24.3 Å². The van der Waals surface area contributed by atoms with Gasteiger partial charge in [-0.2, -0.15) is 9.61 Å². The third kappa shape index (κ3) is 4.18. The number of amides is 1. The number of pyridine rings is 1. The van der Waals surface area contributed by atoms with Crippen molar-refractivity contribution < 1.29 is 14.3 Å². The molecule has 0 unspecified atom stereocenters. The summed E-state index contributed by atoms with van der Waals surface area (Å²) in [6, 6.07) is 12.7. The monoisotopic (exact) mass is 422 g/mol. The number of thioether (sulfide) groups is 1. The first-order valence-corrected chi connectivity index (χ1v) is 9.94. The Morgan fingerprint density at radius 3 is 2.73 bits per heavy atom. The van der Waals surface area contributed by atoms with Gasteiger partial charge in [0.05, 0.1) is 31.9 Å². The van der Waals surface area contributed by atoms with Gasteiger partial charge in [-0.1, -0.05) is 11.8 Å². The Balaban J connectivity index is 1.54. The number of hydrogen-bond acceptors (Lipinski definition) is 8. The summed E-state index contributed by atoms with van der Waals surface area (Å²) in [7, 11) is 3.16. The van der Waals surface area contributed by atoms with Crippen LogP contribution in [0.2, 0.25) is 0 Å². The van der Waals surface area contributed by atoms with Crippen LogP contribution in [0.15, 0.2) is 59.9 Å². The molecule has 30 heavy (non-hydrogen) atoms. The molecule has 1 amide bonds. The van der Waals surface area contributed by atoms with Crippen LogP contribution in [0.3, 0.4) is 0 Å². The number of methoxy groups -OCH3 is 2. The van der Waals surface area contributed by atoms with Crippen LogP contribution in [0.1, 0.15) is 0 Å². The highest BCUT2D eigenvalue weighted by Crippen LogP contribution is 2.31. The fourth-order valence-corrected chi connectivity index (χ4v) is 3.43. The van der Waals surface area contributed by atoms with Crippen molar-refractivity contribution in [2.75, 3.05) is 25.3 Å². The fraction of sp³-hybridized carbons (Fsp3) is 0.150. The normalized spacial score (nSPS) is 10.7. The Morgan fingerprint density at radius 1 is 1.10 bits per heavy atom. The maximum absolute atomic E-state index is 12.2. The van der Waals surface area contributed by atoms with E-state index in [-0.39, 0.29) is 11.7 Å². The van der Waals surface area contributed by atoms with E-state index < -0.39 is 0 Å². The minimum absolute atomic E-state index is 0.140. The van der Waals surface area contributed by atoms with Crippen molar-refractivity contribution in [2.24, 2.45) is 0 Å². The number of aromatic nitrogens is 5. The van der Waals surface area contributed by atoms with Crippen molar-refractivity contribution in [3.8, 4) is 22.9 Å². The van der Waals surface area contributed by atoms with Gasteiger partial charge in [0.15, 0.2) is 23.0 Å². The van der Waals surface area contributed by atoms with Crippen molar-refractivity contribution in [1.82, 2.24) is 24.8 Å². The van der Waals surface area contributed by atoms with Crippen LogP contribution in [-0.2, 0) is 4.79 Å². The van der Waals surface area contributed by atoms with Crippen LogP contribution in [0, 0.1) is 0 Å². The smallest absolute Gasteiger partial charge is 0.234 e. The van der Waals surface area contributed by atoms with Crippen molar-refractivity contribution in [1.29, 1.82) is 0 Å². The van der Waals surface area contributed by atoms with Gasteiger partial charge in [-0.3, -0.25) is 9.78 Å². The third-order valence-electron chi connectivity index (χ3n) is 4.18. The van der Waals surface area contributed by atoms with E-state index in [0.717, 1.165) is 5.56 Å². The molecule has 1 N–H and O–H groups in total. The van der Waals surface area contributed by atoms with Crippen molar-refractivity contribution >= 4 is 29.0 Å². The van der Waals surface area contributed by atoms with E-state index in [9.17, 15) is 4.79 Å². The number of fused-ring (bicyclic) bond motifs is 1. The van der Waals surface area contributed by atoms with Gasteiger partial charge in [0, 0.05) is 11.8 Å². The van der Waals surface area contributed by atoms with Crippen molar-refractivity contribution in [3.05, 3.63) is 54.9 Å². The largest absolute Gasteiger partial charge is 0.493 e. The molecule has 3 aromatic heterocycles. The molecule has 4 aromatic rings. The molecule has 0 saturated carbocycles. The van der Waals surface area contributed by atoms with Gasteiger partial charge in [0.1, 0.15) is 5.03 Å². The highest BCUT2D eigenvalue weighted by Gasteiger charge is 2.14. The fourth-order valence-electron chi connectivity index (χ4n) is 2.78. The van der Waals surface area contributed by atoms with Crippen LogP contribution in [0.25, 0.3) is 17.0 Å². The molecule has 0 saturated heterocycles. The summed E-state index contributed by atoms with van der Waals surface area (Å²) >= 11 is 1.32. The number of carbonyl (C=O) groups is 1. The van der Waals surface area contributed by atoms with E-state index in [4.69, 9.17) is 9.47 Å². The van der Waals surface area contributed by atoms with E-state index >= 15 is 0 Å². The first-order valence-electron chi connectivity index (χ1n) is 8.95. The lowest BCUT2D eigenvalue weighted by molar-refractivity contribution is -0.113. The first-order chi connectivity index (χ1) is 14.7. The number of ether oxygens (including phenoxy) is 2. The lowest BCUT2D eigenvalue weighted by Gasteiger charge is -2.09. The van der Waals surface area contributed by atoms with E-state index in [1.165, 1.54) is 11.8 Å². The molecule has 0 atom stereocenters. The molecule has 1 aromatic carbocycles. The lowest BCUT2D eigenvalue weighted by atomic mass is 10.2. The summed E-state index contributed by atoms with van der Waals surface area (Å²) in [5.41, 5.74) is 2.04. The number of anilines is 1. The Labute approximate surface area is 176 Å². The van der Waals surface area contributed by atoms with Crippen LogP contribution in [-0.4, -0.2) is 50.7 Å². The topological polar surface area (TPSA) is 104 Å². The highest BCUT2D eigenvalue weighted by molar-refractivity contribution is 7.99. The van der Waals surface area contributed by atoms with Crippen molar-refractivity contribution in [2.45, 2.75) is 5.03 Å². The molecule has 9 nitrogen and oxygen atoms in total. The minimum Gasteiger partial charge on any atom is -0.493 e. The molecule has 0 aliphatic rings. The van der Waals surface area contributed by atoms with Crippen molar-refractivity contribution in [3.63, 3.8) is 0 Å². The number of benzene rings is 1. The first kappa shape index (κ1) is 19.6. The third-order valence-corrected chi connectivity index (χ3v) is 5.10. The van der Waals surface area contributed by atoms with Gasteiger partial charge in [-0.05, 0) is 42.5 Å². The van der Waals surface area contributed by atoms with Gasteiger partial charge in [-0.15, -0.1) is 10.2 Å². The van der Waals surface area contributed by atoms with Gasteiger partial charge >= 0.3 is 0 Å². The second kappa shape index (κ2) is 8.78. The second-order valence-corrected chi connectivity index (χ2v) is 7.11. The summed E-state index contributed by atoms with van der Waals surface area (Å²) in [4.78, 5) is 16.2. The summed E-state index contributed by atoms with van der Waals surface area (Å²) in [6.45, 7) is 0. The molecule has 0 radical (unpaired) electrons. The number of rotatable bonds is 7. The zero-order valence-corrected chi connectivity index (χ0v) is 17.1. The summed E-state index contributed by atoms with van der Waals surface area (Å²) in [5, 5.41) is 16.5. The summed E-state index contributed by atoms with van der Waals surface area (Å²) in [5.74, 6) is 1.84. The summed E-state index contributed by atoms with van der Waals surface area (Å²) in [6.07, 6.45) is 3.25. The molecular weight excluding hydrogens is 404 g/mol. The number of nitrogens with one attached hydrogen (secondary N) is 1. The average molecular weight is 422 g/mol.